The number of aryl methyl sites for hydroxylation is 3. The quantitative estimate of drug-likeness (QED) is 0.878. The van der Waals surface area contributed by atoms with Crippen molar-refractivity contribution < 1.29 is 4.79 Å². The number of carbonyl (C=O) groups is 1. The lowest BCUT2D eigenvalue weighted by atomic mass is 10.1. The normalized spacial score (nSPS) is 10.7. The molecular weight excluding hydrogens is 298 g/mol. The monoisotopic (exact) mass is 319 g/mol. The first-order chi connectivity index (χ1) is 10.5. The molecule has 118 valence electrons. The number of nitrogens with zero attached hydrogens (tertiary/aromatic N) is 2. The average molecular weight is 320 g/mol. The van der Waals surface area contributed by atoms with Crippen LogP contribution in [0.15, 0.2) is 24.3 Å². The second-order valence-electron chi connectivity index (χ2n) is 5.44. The van der Waals surface area contributed by atoms with E-state index in [0.29, 0.717) is 23.0 Å². The number of nitrogens with one attached hydrogen (secondary N) is 1. The highest BCUT2D eigenvalue weighted by Crippen LogP contribution is 2.20. The Morgan fingerprint density at radius 2 is 2.05 bits per heavy atom. The third-order valence-corrected chi connectivity index (χ3v) is 4.10. The van der Waals surface area contributed by atoms with Gasteiger partial charge in [-0.2, -0.15) is 5.10 Å². The molecule has 0 radical (unpaired) electrons. The molecule has 0 atom stereocenters. The summed E-state index contributed by atoms with van der Waals surface area (Å²) in [6, 6.07) is 7.99. The minimum atomic E-state index is -0.173. The third-order valence-electron chi connectivity index (χ3n) is 3.72. The molecule has 0 unspecified atom stereocenters. The maximum Gasteiger partial charge on any atom is 0.256 e. The first kappa shape index (κ1) is 16.6. The molecule has 2 aromatic rings. The van der Waals surface area contributed by atoms with Crippen LogP contribution in [-0.4, -0.2) is 15.7 Å². The Labute approximate surface area is 136 Å². The summed E-state index contributed by atoms with van der Waals surface area (Å²) in [5.41, 5.74) is 3.40. The van der Waals surface area contributed by atoms with Gasteiger partial charge in [0.05, 0.1) is 11.3 Å². The van der Waals surface area contributed by atoms with Gasteiger partial charge in [0.25, 0.3) is 5.91 Å². The summed E-state index contributed by atoms with van der Waals surface area (Å²) in [7, 11) is 0. The number of aromatic nitrogens is 2. The zero-order valence-electron chi connectivity index (χ0n) is 13.3. The van der Waals surface area contributed by atoms with Crippen molar-refractivity contribution in [1.82, 2.24) is 15.1 Å². The molecule has 0 saturated carbocycles. The Balaban J connectivity index is 2.10. The lowest BCUT2D eigenvalue weighted by Crippen LogP contribution is -2.24. The van der Waals surface area contributed by atoms with Crippen LogP contribution in [0.2, 0.25) is 5.15 Å². The van der Waals surface area contributed by atoms with E-state index in [9.17, 15) is 4.79 Å². The van der Waals surface area contributed by atoms with E-state index in [1.165, 1.54) is 0 Å². The van der Waals surface area contributed by atoms with Gasteiger partial charge in [-0.15, -0.1) is 0 Å². The number of halogens is 1. The molecule has 0 spiro atoms. The molecule has 5 heteroatoms. The summed E-state index contributed by atoms with van der Waals surface area (Å²) in [6.45, 7) is 7.18. The standard InChI is InChI=1S/C17H22ClN3O/c1-4-5-10-21-16(18)15(13(3)20-21)17(22)19-11-14-9-7-6-8-12(14)2/h6-9H,4-5,10-11H2,1-3H3,(H,19,22). The summed E-state index contributed by atoms with van der Waals surface area (Å²) < 4.78 is 1.71. The smallest absolute Gasteiger partial charge is 0.256 e. The summed E-state index contributed by atoms with van der Waals surface area (Å²) in [5, 5.41) is 7.72. The number of unbranched alkanes of at least 4 members (excludes halogenated alkanes) is 1. The lowest BCUT2D eigenvalue weighted by molar-refractivity contribution is 0.0950. The highest BCUT2D eigenvalue weighted by molar-refractivity contribution is 6.33. The van der Waals surface area contributed by atoms with E-state index in [0.717, 1.165) is 30.5 Å². The van der Waals surface area contributed by atoms with Crippen LogP contribution in [0.5, 0.6) is 0 Å². The first-order valence-electron chi connectivity index (χ1n) is 7.60. The summed E-state index contributed by atoms with van der Waals surface area (Å²) in [6.07, 6.45) is 2.05. The molecular formula is C17H22ClN3O. The van der Waals surface area contributed by atoms with Crippen molar-refractivity contribution in [1.29, 1.82) is 0 Å². The van der Waals surface area contributed by atoms with Gasteiger partial charge in [0.2, 0.25) is 0 Å². The predicted octanol–water partition coefficient (Wildman–Crippen LogP) is 3.88. The number of hydrogen-bond donors (Lipinski definition) is 1. The summed E-state index contributed by atoms with van der Waals surface area (Å²) >= 11 is 6.31. The van der Waals surface area contributed by atoms with Gasteiger partial charge in [-0.25, -0.2) is 0 Å². The topological polar surface area (TPSA) is 46.9 Å². The van der Waals surface area contributed by atoms with Gasteiger partial charge < -0.3 is 5.32 Å². The zero-order valence-corrected chi connectivity index (χ0v) is 14.1. The van der Waals surface area contributed by atoms with Crippen molar-refractivity contribution in [3.63, 3.8) is 0 Å². The van der Waals surface area contributed by atoms with E-state index in [1.807, 2.05) is 38.1 Å². The van der Waals surface area contributed by atoms with E-state index in [1.54, 1.807) is 4.68 Å². The fourth-order valence-corrected chi connectivity index (χ4v) is 2.68. The Morgan fingerprint density at radius 3 is 2.73 bits per heavy atom. The molecule has 2 rings (SSSR count). The maximum atomic E-state index is 12.4. The minimum Gasteiger partial charge on any atom is -0.348 e. The van der Waals surface area contributed by atoms with Crippen LogP contribution in [0.25, 0.3) is 0 Å². The van der Waals surface area contributed by atoms with Gasteiger partial charge >= 0.3 is 0 Å². The van der Waals surface area contributed by atoms with Gasteiger partial charge in [0.15, 0.2) is 0 Å². The maximum absolute atomic E-state index is 12.4. The number of carbonyl (C=O) groups excluding carboxylic acids is 1. The molecule has 1 aromatic heterocycles. The van der Waals surface area contributed by atoms with Gasteiger partial charge in [0, 0.05) is 13.1 Å². The fraction of sp³-hybridized carbons (Fsp3) is 0.412. The minimum absolute atomic E-state index is 0.173. The van der Waals surface area contributed by atoms with Crippen LogP contribution in [0.3, 0.4) is 0 Å². The van der Waals surface area contributed by atoms with Crippen molar-refractivity contribution in [2.75, 3.05) is 0 Å². The van der Waals surface area contributed by atoms with Crippen molar-refractivity contribution in [3.05, 3.63) is 51.8 Å². The molecule has 1 amide bonds. The Bertz CT molecular complexity index is 664. The van der Waals surface area contributed by atoms with Crippen molar-refractivity contribution in [2.24, 2.45) is 0 Å². The molecule has 4 nitrogen and oxygen atoms in total. The number of hydrogen-bond acceptors (Lipinski definition) is 2. The molecule has 0 fully saturated rings. The summed E-state index contributed by atoms with van der Waals surface area (Å²) in [4.78, 5) is 12.4. The Hall–Kier alpha value is -1.81. The molecule has 22 heavy (non-hydrogen) atoms. The van der Waals surface area contributed by atoms with E-state index in [-0.39, 0.29) is 5.91 Å². The van der Waals surface area contributed by atoms with Crippen molar-refractivity contribution in [3.8, 4) is 0 Å². The summed E-state index contributed by atoms with van der Waals surface area (Å²) in [5.74, 6) is -0.173. The predicted molar refractivity (Wildman–Crippen MR) is 89.2 cm³/mol. The Kier molecular flexibility index (Phi) is 5.61. The molecule has 1 heterocycles. The molecule has 0 aliphatic rings. The molecule has 0 aliphatic carbocycles. The first-order valence-corrected chi connectivity index (χ1v) is 7.98. The third kappa shape index (κ3) is 3.69. The van der Waals surface area contributed by atoms with Crippen LogP contribution >= 0.6 is 11.6 Å². The number of rotatable bonds is 6. The molecule has 0 bridgehead atoms. The fourth-order valence-electron chi connectivity index (χ4n) is 2.34. The zero-order chi connectivity index (χ0) is 16.1. The number of benzene rings is 1. The van der Waals surface area contributed by atoms with Crippen molar-refractivity contribution >= 4 is 17.5 Å². The largest absolute Gasteiger partial charge is 0.348 e. The van der Waals surface area contributed by atoms with E-state index >= 15 is 0 Å². The van der Waals surface area contributed by atoms with E-state index < -0.39 is 0 Å². The Morgan fingerprint density at radius 1 is 1.32 bits per heavy atom. The van der Waals surface area contributed by atoms with Gasteiger partial charge in [-0.3, -0.25) is 9.48 Å². The SMILES string of the molecule is CCCCn1nc(C)c(C(=O)NCc2ccccc2C)c1Cl. The number of amides is 1. The second kappa shape index (κ2) is 7.45. The highest BCUT2D eigenvalue weighted by atomic mass is 35.5. The van der Waals surface area contributed by atoms with E-state index in [2.05, 4.69) is 17.3 Å². The van der Waals surface area contributed by atoms with Crippen LogP contribution in [0, 0.1) is 13.8 Å². The molecule has 0 saturated heterocycles. The van der Waals surface area contributed by atoms with E-state index in [4.69, 9.17) is 11.6 Å². The second-order valence-corrected chi connectivity index (χ2v) is 5.80. The van der Waals surface area contributed by atoms with Crippen LogP contribution in [-0.2, 0) is 13.1 Å². The molecule has 1 N–H and O–H groups in total. The highest BCUT2D eigenvalue weighted by Gasteiger charge is 2.19. The van der Waals surface area contributed by atoms with Crippen molar-refractivity contribution in [2.45, 2.75) is 46.7 Å². The van der Waals surface area contributed by atoms with Gasteiger partial charge in [0.1, 0.15) is 5.15 Å². The molecule has 1 aromatic carbocycles. The van der Waals surface area contributed by atoms with Crippen LogP contribution in [0.1, 0.15) is 46.9 Å². The molecule has 0 aliphatic heterocycles. The average Bonchev–Trinajstić information content (AvgIpc) is 2.78. The lowest BCUT2D eigenvalue weighted by Gasteiger charge is -2.08. The van der Waals surface area contributed by atoms with Crippen LogP contribution in [0.4, 0.5) is 0 Å². The van der Waals surface area contributed by atoms with Crippen LogP contribution < -0.4 is 5.32 Å². The van der Waals surface area contributed by atoms with Gasteiger partial charge in [-0.05, 0) is 31.4 Å². The van der Waals surface area contributed by atoms with Gasteiger partial charge in [-0.1, -0.05) is 49.2 Å².